The van der Waals surface area contributed by atoms with Crippen LogP contribution >= 0.6 is 11.6 Å². The van der Waals surface area contributed by atoms with Gasteiger partial charge in [-0.05, 0) is 61.2 Å². The molecule has 0 fully saturated rings. The van der Waals surface area contributed by atoms with E-state index in [4.69, 9.17) is 16.6 Å². The molecule has 4 nitrogen and oxygen atoms in total. The third-order valence-electron chi connectivity index (χ3n) is 5.97. The van der Waals surface area contributed by atoms with Crippen molar-refractivity contribution in [3.05, 3.63) is 95.0 Å². The van der Waals surface area contributed by atoms with Gasteiger partial charge in [-0.3, -0.25) is 4.79 Å². The van der Waals surface area contributed by atoms with Crippen molar-refractivity contribution < 1.29 is 4.79 Å². The van der Waals surface area contributed by atoms with Crippen molar-refractivity contribution in [2.24, 2.45) is 0 Å². The number of H-pyrrole nitrogens is 1. The molecule has 0 bridgehead atoms. The number of aromatic amines is 1. The van der Waals surface area contributed by atoms with E-state index in [1.165, 1.54) is 10.9 Å². The van der Waals surface area contributed by atoms with Crippen molar-refractivity contribution in [2.75, 3.05) is 5.32 Å². The lowest BCUT2D eigenvalue weighted by Gasteiger charge is -2.09. The molecule has 2 N–H and O–H groups in total. The molecule has 1 amide bonds. The molecule has 0 saturated carbocycles. The van der Waals surface area contributed by atoms with Gasteiger partial charge in [0.15, 0.2) is 0 Å². The van der Waals surface area contributed by atoms with Crippen LogP contribution in [0.2, 0.25) is 5.02 Å². The highest BCUT2D eigenvalue weighted by molar-refractivity contribution is 6.31. The zero-order valence-corrected chi connectivity index (χ0v) is 19.1. The standard InChI is InChI=1S/C28H24ClN3O/c1-18-13-15-20(29)17-26(18)31-27(33)12-6-9-22-21-8-3-5-11-24(21)32-28(22)25-16-14-19-7-2-4-10-23(19)30-25/h2-5,7-8,10-11,13-17,32H,6,9,12H2,1H3,(H,31,33). The Hall–Kier alpha value is -3.63. The average Bonchev–Trinajstić information content (AvgIpc) is 3.20. The molecule has 5 rings (SSSR count). The van der Waals surface area contributed by atoms with Crippen LogP contribution in [-0.2, 0) is 11.2 Å². The number of benzene rings is 3. The minimum absolute atomic E-state index is 0.00871. The third kappa shape index (κ3) is 4.48. The number of anilines is 1. The van der Waals surface area contributed by atoms with Crippen molar-refractivity contribution in [1.29, 1.82) is 0 Å². The zero-order chi connectivity index (χ0) is 22.8. The average molecular weight is 454 g/mol. The van der Waals surface area contributed by atoms with Gasteiger partial charge in [-0.25, -0.2) is 4.98 Å². The lowest BCUT2D eigenvalue weighted by atomic mass is 10.0. The minimum atomic E-state index is -0.00871. The van der Waals surface area contributed by atoms with Crippen molar-refractivity contribution >= 4 is 45.0 Å². The van der Waals surface area contributed by atoms with Gasteiger partial charge in [-0.15, -0.1) is 0 Å². The van der Waals surface area contributed by atoms with Crippen LogP contribution in [0.1, 0.15) is 24.0 Å². The molecule has 0 aliphatic rings. The topological polar surface area (TPSA) is 57.8 Å². The van der Waals surface area contributed by atoms with Crippen LogP contribution in [0, 0.1) is 6.92 Å². The number of aromatic nitrogens is 2. The molecule has 2 aromatic heterocycles. The van der Waals surface area contributed by atoms with E-state index in [0.717, 1.165) is 51.9 Å². The highest BCUT2D eigenvalue weighted by atomic mass is 35.5. The van der Waals surface area contributed by atoms with E-state index in [9.17, 15) is 4.79 Å². The van der Waals surface area contributed by atoms with Crippen molar-refractivity contribution in [2.45, 2.75) is 26.2 Å². The van der Waals surface area contributed by atoms with E-state index in [1.54, 1.807) is 6.07 Å². The Balaban J connectivity index is 1.38. The molecule has 0 aliphatic heterocycles. The Kier molecular flexibility index (Phi) is 5.84. The lowest BCUT2D eigenvalue weighted by molar-refractivity contribution is -0.116. The molecule has 5 heteroatoms. The van der Waals surface area contributed by atoms with Gasteiger partial charge in [0.05, 0.1) is 16.9 Å². The van der Waals surface area contributed by atoms with Crippen LogP contribution in [-0.4, -0.2) is 15.9 Å². The van der Waals surface area contributed by atoms with Gasteiger partial charge in [0.1, 0.15) is 0 Å². The summed E-state index contributed by atoms with van der Waals surface area (Å²) < 4.78 is 0. The van der Waals surface area contributed by atoms with Gasteiger partial charge < -0.3 is 10.3 Å². The van der Waals surface area contributed by atoms with E-state index in [-0.39, 0.29) is 5.91 Å². The molecule has 33 heavy (non-hydrogen) atoms. The predicted molar refractivity (Wildman–Crippen MR) is 137 cm³/mol. The van der Waals surface area contributed by atoms with Gasteiger partial charge in [0.2, 0.25) is 5.91 Å². The smallest absolute Gasteiger partial charge is 0.224 e. The third-order valence-corrected chi connectivity index (χ3v) is 6.21. The maximum absolute atomic E-state index is 12.6. The maximum Gasteiger partial charge on any atom is 0.224 e. The van der Waals surface area contributed by atoms with Gasteiger partial charge in [-0.1, -0.05) is 60.1 Å². The summed E-state index contributed by atoms with van der Waals surface area (Å²) in [5.41, 5.74) is 6.94. The van der Waals surface area contributed by atoms with Gasteiger partial charge in [0, 0.05) is 33.4 Å². The maximum atomic E-state index is 12.6. The number of pyridine rings is 1. The summed E-state index contributed by atoms with van der Waals surface area (Å²) in [7, 11) is 0. The van der Waals surface area contributed by atoms with Crippen molar-refractivity contribution in [3.63, 3.8) is 0 Å². The van der Waals surface area contributed by atoms with Gasteiger partial charge >= 0.3 is 0 Å². The molecular formula is C28H24ClN3O. The number of hydrogen-bond acceptors (Lipinski definition) is 2. The Morgan fingerprint density at radius 1 is 1.00 bits per heavy atom. The van der Waals surface area contributed by atoms with Crippen LogP contribution in [0.15, 0.2) is 78.9 Å². The lowest BCUT2D eigenvalue weighted by Crippen LogP contribution is -2.12. The number of carbonyl (C=O) groups excluding carboxylic acids is 1. The highest BCUT2D eigenvalue weighted by Gasteiger charge is 2.15. The number of hydrogen-bond donors (Lipinski definition) is 2. The monoisotopic (exact) mass is 453 g/mol. The predicted octanol–water partition coefficient (Wildman–Crippen LogP) is 7.31. The molecule has 5 aromatic rings. The Bertz CT molecular complexity index is 1470. The molecule has 0 saturated heterocycles. The molecule has 164 valence electrons. The molecule has 0 radical (unpaired) electrons. The number of aryl methyl sites for hydroxylation is 2. The fourth-order valence-electron chi connectivity index (χ4n) is 4.25. The second-order valence-electron chi connectivity index (χ2n) is 8.27. The second-order valence-corrected chi connectivity index (χ2v) is 8.71. The summed E-state index contributed by atoms with van der Waals surface area (Å²) in [6.45, 7) is 1.96. The Labute approximate surface area is 197 Å². The van der Waals surface area contributed by atoms with E-state index in [1.807, 2.05) is 49.4 Å². The van der Waals surface area contributed by atoms with Crippen LogP contribution in [0.3, 0.4) is 0 Å². The summed E-state index contributed by atoms with van der Waals surface area (Å²) in [6, 6.07) is 26.1. The normalized spacial score (nSPS) is 11.2. The fourth-order valence-corrected chi connectivity index (χ4v) is 4.42. The quantitative estimate of drug-likeness (QED) is 0.283. The Morgan fingerprint density at radius 3 is 2.73 bits per heavy atom. The molecule has 0 unspecified atom stereocenters. The largest absolute Gasteiger partial charge is 0.353 e. The minimum Gasteiger partial charge on any atom is -0.353 e. The van der Waals surface area contributed by atoms with Crippen LogP contribution in [0.5, 0.6) is 0 Å². The fraction of sp³-hybridized carbons (Fsp3) is 0.143. The first-order chi connectivity index (χ1) is 16.1. The number of rotatable bonds is 6. The molecular weight excluding hydrogens is 430 g/mol. The number of fused-ring (bicyclic) bond motifs is 2. The van der Waals surface area contributed by atoms with Gasteiger partial charge in [-0.2, -0.15) is 0 Å². The summed E-state index contributed by atoms with van der Waals surface area (Å²) in [5.74, 6) is -0.00871. The van der Waals surface area contributed by atoms with Crippen LogP contribution < -0.4 is 5.32 Å². The second kappa shape index (κ2) is 9.08. The van der Waals surface area contributed by atoms with Crippen molar-refractivity contribution in [1.82, 2.24) is 9.97 Å². The molecule has 3 aromatic carbocycles. The van der Waals surface area contributed by atoms with Crippen LogP contribution in [0.25, 0.3) is 33.2 Å². The van der Waals surface area contributed by atoms with E-state index in [0.29, 0.717) is 11.4 Å². The highest BCUT2D eigenvalue weighted by Crippen LogP contribution is 2.31. The molecule has 0 atom stereocenters. The SMILES string of the molecule is Cc1ccc(Cl)cc1NC(=O)CCCc1c(-c2ccc3ccccc3n2)[nH]c2ccccc12. The van der Waals surface area contributed by atoms with Gasteiger partial charge in [0.25, 0.3) is 0 Å². The first kappa shape index (κ1) is 21.2. The van der Waals surface area contributed by atoms with E-state index in [2.05, 4.69) is 40.6 Å². The molecule has 0 aliphatic carbocycles. The molecule has 0 spiro atoms. The van der Waals surface area contributed by atoms with E-state index < -0.39 is 0 Å². The summed E-state index contributed by atoms with van der Waals surface area (Å²) in [5, 5.41) is 5.90. The van der Waals surface area contributed by atoms with E-state index >= 15 is 0 Å². The first-order valence-corrected chi connectivity index (χ1v) is 11.5. The first-order valence-electron chi connectivity index (χ1n) is 11.1. The molecule has 2 heterocycles. The number of carbonyl (C=O) groups is 1. The number of nitrogens with one attached hydrogen (secondary N) is 2. The summed E-state index contributed by atoms with van der Waals surface area (Å²) in [6.07, 6.45) is 1.93. The summed E-state index contributed by atoms with van der Waals surface area (Å²) in [4.78, 5) is 21.0. The van der Waals surface area contributed by atoms with Crippen LogP contribution in [0.4, 0.5) is 5.69 Å². The number of amides is 1. The zero-order valence-electron chi connectivity index (χ0n) is 18.4. The Morgan fingerprint density at radius 2 is 1.82 bits per heavy atom. The van der Waals surface area contributed by atoms with Crippen molar-refractivity contribution in [3.8, 4) is 11.4 Å². The summed E-state index contributed by atoms with van der Waals surface area (Å²) >= 11 is 6.08. The number of para-hydroxylation sites is 2. The number of nitrogens with zero attached hydrogens (tertiary/aromatic N) is 1. The number of halogens is 1.